The Balaban J connectivity index is 0.000000819. The van der Waals surface area contributed by atoms with Crippen LogP contribution >= 0.6 is 0 Å². The van der Waals surface area contributed by atoms with Gasteiger partial charge < -0.3 is 35.2 Å². The fourth-order valence-corrected chi connectivity index (χ4v) is 6.50. The molecule has 0 saturated carbocycles. The van der Waals surface area contributed by atoms with E-state index in [-0.39, 0.29) is 34.1 Å². The van der Waals surface area contributed by atoms with Crippen LogP contribution in [0, 0.1) is 0 Å². The van der Waals surface area contributed by atoms with E-state index >= 15 is 0 Å². The van der Waals surface area contributed by atoms with Crippen LogP contribution < -0.4 is 5.10 Å². The van der Waals surface area contributed by atoms with E-state index in [1.165, 1.54) is 0 Å². The average Bonchev–Trinajstić information content (AvgIpc) is 3.97. The number of para-hydroxylation sites is 8. The molecule has 0 aliphatic rings. The molecule has 5 N–H and O–H groups in total. The third-order valence-electron chi connectivity index (χ3n) is 8.66. The summed E-state index contributed by atoms with van der Waals surface area (Å²) in [7, 11) is 0. The van der Waals surface area contributed by atoms with Crippen LogP contribution in [0.15, 0.2) is 103 Å². The Morgan fingerprint density at radius 2 is 0.873 bits per heavy atom. The van der Waals surface area contributed by atoms with Crippen molar-refractivity contribution in [3.05, 3.63) is 138 Å². The molecule has 0 unspecified atom stereocenters. The molecule has 14 nitrogen and oxygen atoms in total. The van der Waals surface area contributed by atoms with Gasteiger partial charge in [0.1, 0.15) is 23.3 Å². The van der Waals surface area contributed by atoms with Gasteiger partial charge in [-0.3, -0.25) is 14.6 Å². The fourth-order valence-electron chi connectivity index (χ4n) is 6.50. The van der Waals surface area contributed by atoms with Gasteiger partial charge in [0, 0.05) is 42.8 Å². The van der Waals surface area contributed by atoms with Crippen molar-refractivity contribution in [2.24, 2.45) is 0 Å². The van der Waals surface area contributed by atoms with E-state index in [1.54, 1.807) is 0 Å². The van der Waals surface area contributed by atoms with Crippen molar-refractivity contribution in [1.29, 1.82) is 0 Å². The maximum atomic E-state index is 9.00. The van der Waals surface area contributed by atoms with Crippen LogP contribution in [0.2, 0.25) is 0 Å². The molecule has 0 saturated heterocycles. The number of nitrogens with one attached hydrogen (secondary N) is 4. The second kappa shape index (κ2) is 17.7. The zero-order chi connectivity index (χ0) is 36.1. The molecule has 0 atom stereocenters. The van der Waals surface area contributed by atoms with Crippen LogP contribution in [-0.4, -0.2) is 65.8 Å². The molecule has 2 radical (unpaired) electrons. The van der Waals surface area contributed by atoms with Crippen molar-refractivity contribution in [2.75, 3.05) is 0 Å². The third-order valence-corrected chi connectivity index (χ3v) is 8.66. The molecule has 0 amide bonds. The van der Waals surface area contributed by atoms with Crippen molar-refractivity contribution < 1.29 is 44.0 Å². The Hall–Kier alpha value is -5.60. The van der Waals surface area contributed by atoms with E-state index in [0.29, 0.717) is 39.3 Å². The Labute approximate surface area is 336 Å². The van der Waals surface area contributed by atoms with E-state index in [2.05, 4.69) is 46.0 Å². The SMILES string of the molecule is CC(=O)O.[Mn+2].[Mn].c1ccc2[nH]c(CN(Cc3cc(CN(Cc4nc5ccccc5[nH]4)Cc4nc5ccccc5[nH]4)[n-]n3)Cc3nc4ccccc4[nH]3)nc2c1. The van der Waals surface area contributed by atoms with Crippen molar-refractivity contribution >= 4 is 50.1 Å². The van der Waals surface area contributed by atoms with Crippen molar-refractivity contribution in [2.45, 2.75) is 46.2 Å². The van der Waals surface area contributed by atoms with Gasteiger partial charge >= 0.3 is 17.1 Å². The quantitative estimate of drug-likeness (QED) is 0.0912. The van der Waals surface area contributed by atoms with Gasteiger partial charge in [-0.05, 0) is 48.5 Å². The summed E-state index contributed by atoms with van der Waals surface area (Å²) in [4.78, 5) is 46.9. The summed E-state index contributed by atoms with van der Waals surface area (Å²) in [5, 5.41) is 16.7. The molecular formula is C39H37Mn2N12O2+. The number of hydrogen-bond acceptors (Lipinski definition) is 8. The summed E-state index contributed by atoms with van der Waals surface area (Å²) in [5.41, 5.74) is 9.64. The number of rotatable bonds is 12. The predicted molar refractivity (Wildman–Crippen MR) is 201 cm³/mol. The van der Waals surface area contributed by atoms with Gasteiger partial charge in [0.2, 0.25) is 0 Å². The Bertz CT molecular complexity index is 2180. The van der Waals surface area contributed by atoms with Crippen molar-refractivity contribution in [3.63, 3.8) is 0 Å². The number of nitrogens with zero attached hydrogens (tertiary/aromatic N) is 8. The second-order valence-corrected chi connectivity index (χ2v) is 12.9. The number of imidazole rings is 4. The fraction of sp³-hybridized carbons (Fsp3) is 0.179. The summed E-state index contributed by atoms with van der Waals surface area (Å²) in [6.45, 7) is 4.62. The van der Waals surface area contributed by atoms with Crippen LogP contribution in [0.4, 0.5) is 0 Å². The monoisotopic (exact) mass is 815 g/mol. The first-order chi connectivity index (χ1) is 25.9. The van der Waals surface area contributed by atoms with E-state index in [0.717, 1.165) is 85.7 Å². The minimum Gasteiger partial charge on any atom is -0.578 e. The number of aromatic amines is 4. The zero-order valence-corrected chi connectivity index (χ0v) is 32.1. The van der Waals surface area contributed by atoms with Crippen LogP contribution in [0.1, 0.15) is 41.6 Å². The summed E-state index contributed by atoms with van der Waals surface area (Å²) in [5.74, 6) is 2.72. The zero-order valence-electron chi connectivity index (χ0n) is 29.7. The Morgan fingerprint density at radius 3 is 1.20 bits per heavy atom. The Kier molecular flexibility index (Phi) is 12.6. The van der Waals surface area contributed by atoms with Gasteiger partial charge in [0.25, 0.3) is 5.97 Å². The molecule has 9 aromatic rings. The van der Waals surface area contributed by atoms with E-state index < -0.39 is 5.97 Å². The first kappa shape index (κ1) is 39.1. The number of carbonyl (C=O) groups is 1. The molecule has 5 aromatic heterocycles. The van der Waals surface area contributed by atoms with Gasteiger partial charge in [-0.1, -0.05) is 54.6 Å². The third kappa shape index (κ3) is 9.75. The second-order valence-electron chi connectivity index (χ2n) is 12.9. The number of aliphatic carboxylic acids is 1. The molecule has 16 heteroatoms. The van der Waals surface area contributed by atoms with Gasteiger partial charge in [-0.15, -0.1) is 5.69 Å². The number of carboxylic acids is 1. The topological polar surface area (TPSA) is 185 Å². The molecule has 0 fully saturated rings. The number of hydrogen-bond donors (Lipinski definition) is 5. The molecule has 9 rings (SSSR count). The molecule has 4 aromatic carbocycles. The van der Waals surface area contributed by atoms with Gasteiger partial charge in [0.15, 0.2) is 0 Å². The maximum absolute atomic E-state index is 9.00. The molecule has 55 heavy (non-hydrogen) atoms. The van der Waals surface area contributed by atoms with E-state index in [4.69, 9.17) is 29.8 Å². The first-order valence-electron chi connectivity index (χ1n) is 17.3. The summed E-state index contributed by atoms with van der Waals surface area (Å²) < 4.78 is 0. The number of H-pyrrole nitrogens is 4. The molecule has 278 valence electrons. The normalized spacial score (nSPS) is 11.3. The molecule has 0 aliphatic carbocycles. The Morgan fingerprint density at radius 1 is 0.564 bits per heavy atom. The van der Waals surface area contributed by atoms with Crippen molar-refractivity contribution in [3.8, 4) is 0 Å². The molecule has 0 bridgehead atoms. The smallest absolute Gasteiger partial charge is 0.578 e. The summed E-state index contributed by atoms with van der Waals surface area (Å²) >= 11 is 0. The van der Waals surface area contributed by atoms with Crippen LogP contribution in [-0.2, 0) is 78.2 Å². The largest absolute Gasteiger partial charge is 2.00 e. The predicted octanol–water partition coefficient (Wildman–Crippen LogP) is 6.03. The van der Waals surface area contributed by atoms with Gasteiger partial charge in [-0.25, -0.2) is 19.9 Å². The van der Waals surface area contributed by atoms with Gasteiger partial charge in [-0.2, -0.15) is 0 Å². The molecule has 0 aliphatic heterocycles. The van der Waals surface area contributed by atoms with Crippen LogP contribution in [0.25, 0.3) is 44.1 Å². The van der Waals surface area contributed by atoms with Crippen LogP contribution in [0.5, 0.6) is 0 Å². The number of benzene rings is 4. The summed E-state index contributed by atoms with van der Waals surface area (Å²) in [6, 6.07) is 34.5. The van der Waals surface area contributed by atoms with Crippen LogP contribution in [0.3, 0.4) is 0 Å². The number of aromatic nitrogens is 10. The average molecular weight is 816 g/mol. The maximum Gasteiger partial charge on any atom is 2.00 e. The minimum absolute atomic E-state index is 0. The van der Waals surface area contributed by atoms with E-state index in [1.807, 2.05) is 97.1 Å². The minimum atomic E-state index is -0.833. The standard InChI is InChI=1S/C37H33N12.C2H4O2.2Mn/c1-2-10-27-26(9-1)38-34(39-27)20-48(21-35-40-28-11-3-4-12-29(28)41-35)18-24-17-25(47-46-24)19-49(22-36-42-30-13-5-6-14-31(30)43-36)23-37-44-32-15-7-8-16-33(32)45-37;1-2(3)4;;/h1-17H,18-23H2,(H4-,38,39,40,41,42,43,44,45,46,47);1H3,(H,3,4);;/q-1;;;+2. The van der Waals surface area contributed by atoms with E-state index in [9.17, 15) is 0 Å². The van der Waals surface area contributed by atoms with Gasteiger partial charge in [0.05, 0.1) is 70.3 Å². The van der Waals surface area contributed by atoms with Crippen molar-refractivity contribution in [1.82, 2.24) is 59.9 Å². The first-order valence-corrected chi connectivity index (χ1v) is 17.3. The summed E-state index contributed by atoms with van der Waals surface area (Å²) in [6.07, 6.45) is 0. The molecular weight excluding hydrogens is 778 g/mol. The number of carboxylic acid groups (broad SMARTS) is 1. The number of fused-ring (bicyclic) bond motifs is 4. The molecule has 5 heterocycles. The molecule has 0 spiro atoms.